The minimum absolute atomic E-state index is 0.145. The number of nitrogens with zero attached hydrogens (tertiary/aromatic N) is 1. The van der Waals surface area contributed by atoms with Crippen molar-refractivity contribution in [3.05, 3.63) is 54.2 Å². The Balaban J connectivity index is 1.73. The standard InChI is InChI=1S/C20H15Br2IN2O6/c1-28-15-5-11(13(22)7-16(15)30-9-18(26)29-2)8-24-25-20(27)17-4-10-3-12(21)6-14(23)19(10)31-17/h3-8H,9H2,1-2H3,(H,25,27)/b24-8-. The summed E-state index contributed by atoms with van der Waals surface area (Å²) >= 11 is 8.97. The molecule has 0 atom stereocenters. The number of nitrogens with one attached hydrogen (secondary N) is 1. The molecule has 11 heteroatoms. The molecule has 1 amide bonds. The van der Waals surface area contributed by atoms with Crippen LogP contribution in [0.5, 0.6) is 11.5 Å². The minimum atomic E-state index is -0.515. The van der Waals surface area contributed by atoms with Crippen molar-refractivity contribution in [1.82, 2.24) is 5.43 Å². The Morgan fingerprint density at radius 2 is 1.94 bits per heavy atom. The van der Waals surface area contributed by atoms with Crippen molar-refractivity contribution in [3.63, 3.8) is 0 Å². The number of carbonyl (C=O) groups excluding carboxylic acids is 2. The second-order valence-corrected chi connectivity index (χ2v) is 8.94. The van der Waals surface area contributed by atoms with Gasteiger partial charge in [0.05, 0.1) is 24.0 Å². The van der Waals surface area contributed by atoms with Crippen LogP contribution in [0, 0.1) is 3.57 Å². The van der Waals surface area contributed by atoms with Crippen molar-refractivity contribution in [2.45, 2.75) is 0 Å². The second-order valence-electron chi connectivity index (χ2n) is 6.01. The molecule has 1 heterocycles. The molecule has 3 rings (SSSR count). The van der Waals surface area contributed by atoms with E-state index in [1.807, 2.05) is 12.1 Å². The molecular formula is C20H15Br2IN2O6. The number of ether oxygens (including phenoxy) is 3. The fraction of sp³-hybridized carbons (Fsp3) is 0.150. The van der Waals surface area contributed by atoms with Crippen LogP contribution in [0.25, 0.3) is 11.0 Å². The van der Waals surface area contributed by atoms with E-state index < -0.39 is 11.9 Å². The van der Waals surface area contributed by atoms with Gasteiger partial charge in [0, 0.05) is 19.9 Å². The molecule has 0 unspecified atom stereocenters. The average Bonchev–Trinajstić information content (AvgIpc) is 3.17. The highest BCUT2D eigenvalue weighted by Crippen LogP contribution is 2.33. The number of methoxy groups -OCH3 is 2. The summed E-state index contributed by atoms with van der Waals surface area (Å²) in [6.45, 7) is -0.254. The summed E-state index contributed by atoms with van der Waals surface area (Å²) in [5.74, 6) is -0.118. The summed E-state index contributed by atoms with van der Waals surface area (Å²) in [6.07, 6.45) is 1.44. The number of amides is 1. The van der Waals surface area contributed by atoms with Crippen LogP contribution in [0.1, 0.15) is 16.1 Å². The SMILES string of the molecule is COC(=O)COc1cc(Br)c(/C=N\NC(=O)c2cc3cc(Br)cc(I)c3o2)cc1OC. The van der Waals surface area contributed by atoms with E-state index >= 15 is 0 Å². The summed E-state index contributed by atoms with van der Waals surface area (Å²) in [7, 11) is 2.75. The first kappa shape index (κ1) is 23.5. The number of rotatable bonds is 7. The second kappa shape index (κ2) is 10.5. The van der Waals surface area contributed by atoms with Crippen molar-refractivity contribution >= 4 is 83.5 Å². The summed E-state index contributed by atoms with van der Waals surface area (Å²) in [5.41, 5.74) is 3.69. The van der Waals surface area contributed by atoms with Crippen LogP contribution in [0.3, 0.4) is 0 Å². The highest BCUT2D eigenvalue weighted by atomic mass is 127. The summed E-state index contributed by atoms with van der Waals surface area (Å²) < 4.78 is 23.3. The van der Waals surface area contributed by atoms with Gasteiger partial charge in [-0.05, 0) is 68.9 Å². The quantitative estimate of drug-likeness (QED) is 0.167. The zero-order chi connectivity index (χ0) is 22.5. The van der Waals surface area contributed by atoms with Gasteiger partial charge in [-0.15, -0.1) is 0 Å². The van der Waals surface area contributed by atoms with Gasteiger partial charge in [-0.25, -0.2) is 10.2 Å². The van der Waals surface area contributed by atoms with Crippen LogP contribution >= 0.6 is 54.5 Å². The van der Waals surface area contributed by atoms with Gasteiger partial charge in [0.1, 0.15) is 5.58 Å². The van der Waals surface area contributed by atoms with Gasteiger partial charge in [0.2, 0.25) is 0 Å². The third-order valence-corrected chi connectivity index (χ3v) is 5.93. The van der Waals surface area contributed by atoms with E-state index in [0.717, 1.165) is 13.4 Å². The fourth-order valence-electron chi connectivity index (χ4n) is 2.52. The first-order valence-corrected chi connectivity index (χ1v) is 11.3. The number of furan rings is 1. The number of hydrazone groups is 1. The third-order valence-electron chi connectivity index (χ3n) is 3.99. The number of esters is 1. The van der Waals surface area contributed by atoms with E-state index in [4.69, 9.17) is 13.9 Å². The molecule has 0 bridgehead atoms. The Hall–Kier alpha value is -2.12. The van der Waals surface area contributed by atoms with Crippen molar-refractivity contribution in [1.29, 1.82) is 0 Å². The van der Waals surface area contributed by atoms with Gasteiger partial charge < -0.3 is 18.6 Å². The summed E-state index contributed by atoms with van der Waals surface area (Å²) in [4.78, 5) is 23.7. The Kier molecular flexibility index (Phi) is 7.94. The lowest BCUT2D eigenvalue weighted by Crippen LogP contribution is -2.16. The van der Waals surface area contributed by atoms with Crippen molar-refractivity contribution in [2.24, 2.45) is 5.10 Å². The van der Waals surface area contributed by atoms with Crippen LogP contribution < -0.4 is 14.9 Å². The monoisotopic (exact) mass is 664 g/mol. The normalized spacial score (nSPS) is 11.0. The molecule has 3 aromatic rings. The van der Waals surface area contributed by atoms with Crippen molar-refractivity contribution < 1.29 is 28.2 Å². The van der Waals surface area contributed by atoms with Crippen LogP contribution in [0.15, 0.2) is 48.8 Å². The molecule has 0 saturated heterocycles. The van der Waals surface area contributed by atoms with Crippen LogP contribution in [0.2, 0.25) is 0 Å². The molecular weight excluding hydrogens is 651 g/mol. The highest BCUT2D eigenvalue weighted by Gasteiger charge is 2.15. The molecule has 162 valence electrons. The van der Waals surface area contributed by atoms with Gasteiger partial charge in [-0.3, -0.25) is 4.79 Å². The summed E-state index contributed by atoms with van der Waals surface area (Å²) in [6, 6.07) is 8.70. The molecule has 0 spiro atoms. The lowest BCUT2D eigenvalue weighted by atomic mass is 10.2. The molecule has 8 nitrogen and oxygen atoms in total. The molecule has 0 saturated carbocycles. The van der Waals surface area contributed by atoms with Gasteiger partial charge >= 0.3 is 11.9 Å². The molecule has 1 N–H and O–H groups in total. The van der Waals surface area contributed by atoms with Crippen molar-refractivity contribution in [2.75, 3.05) is 20.8 Å². The maximum Gasteiger partial charge on any atom is 0.343 e. The van der Waals surface area contributed by atoms with Crippen molar-refractivity contribution in [3.8, 4) is 11.5 Å². The molecule has 0 fully saturated rings. The molecule has 0 aliphatic heterocycles. The first-order valence-electron chi connectivity index (χ1n) is 8.61. The van der Waals surface area contributed by atoms with E-state index in [1.54, 1.807) is 18.2 Å². The smallest absolute Gasteiger partial charge is 0.343 e. The van der Waals surface area contributed by atoms with E-state index in [-0.39, 0.29) is 12.4 Å². The number of benzene rings is 2. The van der Waals surface area contributed by atoms with Gasteiger partial charge in [0.25, 0.3) is 0 Å². The van der Waals surface area contributed by atoms with Gasteiger partial charge in [-0.1, -0.05) is 15.9 Å². The largest absolute Gasteiger partial charge is 0.493 e. The molecule has 2 aromatic carbocycles. The Morgan fingerprint density at radius 1 is 1.16 bits per heavy atom. The van der Waals surface area contributed by atoms with E-state index in [9.17, 15) is 9.59 Å². The maximum absolute atomic E-state index is 12.4. The van der Waals surface area contributed by atoms with E-state index in [0.29, 0.717) is 27.1 Å². The fourth-order valence-corrected chi connectivity index (χ4v) is 4.61. The number of hydrogen-bond donors (Lipinski definition) is 1. The summed E-state index contributed by atoms with van der Waals surface area (Å²) in [5, 5.41) is 4.79. The number of hydrogen-bond acceptors (Lipinski definition) is 7. The zero-order valence-corrected chi connectivity index (χ0v) is 21.5. The first-order chi connectivity index (χ1) is 14.8. The predicted molar refractivity (Wildman–Crippen MR) is 130 cm³/mol. The van der Waals surface area contributed by atoms with Crippen LogP contribution in [-0.4, -0.2) is 38.9 Å². The Labute approximate surface area is 207 Å². The molecule has 1 aromatic heterocycles. The maximum atomic E-state index is 12.4. The molecule has 0 aliphatic rings. The average molecular weight is 666 g/mol. The third kappa shape index (κ3) is 5.77. The Morgan fingerprint density at radius 3 is 2.65 bits per heavy atom. The minimum Gasteiger partial charge on any atom is -0.493 e. The van der Waals surface area contributed by atoms with Gasteiger partial charge in [0.15, 0.2) is 23.9 Å². The number of halogens is 3. The topological polar surface area (TPSA) is 99.4 Å². The van der Waals surface area contributed by atoms with Crippen LogP contribution in [0.4, 0.5) is 0 Å². The lowest BCUT2D eigenvalue weighted by molar-refractivity contribution is -0.142. The molecule has 31 heavy (non-hydrogen) atoms. The molecule has 0 radical (unpaired) electrons. The number of carbonyl (C=O) groups is 2. The van der Waals surface area contributed by atoms with Gasteiger partial charge in [-0.2, -0.15) is 5.10 Å². The van der Waals surface area contributed by atoms with E-state index in [2.05, 4.69) is 69.7 Å². The zero-order valence-electron chi connectivity index (χ0n) is 16.2. The molecule has 0 aliphatic carbocycles. The number of fused-ring (bicyclic) bond motifs is 1. The van der Waals surface area contributed by atoms with Crippen LogP contribution in [-0.2, 0) is 9.53 Å². The lowest BCUT2D eigenvalue weighted by Gasteiger charge is -2.11. The Bertz CT molecular complexity index is 1180. The highest BCUT2D eigenvalue weighted by molar-refractivity contribution is 14.1. The van der Waals surface area contributed by atoms with E-state index in [1.165, 1.54) is 20.4 Å². The predicted octanol–water partition coefficient (Wildman–Crippen LogP) is 4.89.